The minimum absolute atomic E-state index is 0.129. The van der Waals surface area contributed by atoms with Gasteiger partial charge in [0.1, 0.15) is 12.6 Å². The molecule has 0 aliphatic rings. The van der Waals surface area contributed by atoms with Crippen molar-refractivity contribution in [3.05, 3.63) is 101 Å². The van der Waals surface area contributed by atoms with E-state index in [4.69, 9.17) is 0 Å². The van der Waals surface area contributed by atoms with Gasteiger partial charge in [-0.3, -0.25) is 13.9 Å². The highest BCUT2D eigenvalue weighted by Crippen LogP contribution is 2.23. The normalized spacial score (nSPS) is 12.2. The molecule has 3 rings (SSSR count). The van der Waals surface area contributed by atoms with Gasteiger partial charge in [0, 0.05) is 19.0 Å². The lowest BCUT2D eigenvalue weighted by molar-refractivity contribution is -0.140. The van der Waals surface area contributed by atoms with Gasteiger partial charge >= 0.3 is 0 Å². The number of nitrogens with one attached hydrogen (secondary N) is 1. The number of amides is 2. The standard InChI is InChI=1S/C31H39N3O4S/c1-22(2)32-31(36)29(19-26-10-8-7-9-11-26)33(20-27-15-12-23(3)13-16-27)30(35)21-34(39(6,37)38)28-17-14-24(4)25(5)18-28/h7-18,22,29H,19-21H2,1-6H3,(H,32,36). The maximum atomic E-state index is 14.1. The Labute approximate surface area is 232 Å². The Morgan fingerprint density at radius 2 is 1.49 bits per heavy atom. The Kier molecular flexibility index (Phi) is 9.92. The first kappa shape index (κ1) is 29.9. The molecule has 0 saturated carbocycles. The molecule has 1 N–H and O–H groups in total. The predicted octanol–water partition coefficient (Wildman–Crippen LogP) is 4.54. The molecule has 39 heavy (non-hydrogen) atoms. The molecule has 0 heterocycles. The van der Waals surface area contributed by atoms with Crippen molar-refractivity contribution in [3.63, 3.8) is 0 Å². The number of carbonyl (C=O) groups excluding carboxylic acids is 2. The van der Waals surface area contributed by atoms with E-state index in [0.29, 0.717) is 12.1 Å². The van der Waals surface area contributed by atoms with Crippen LogP contribution in [0.4, 0.5) is 5.69 Å². The molecule has 0 aliphatic heterocycles. The van der Waals surface area contributed by atoms with Crippen LogP contribution in [0.1, 0.15) is 41.7 Å². The summed E-state index contributed by atoms with van der Waals surface area (Å²) in [5.41, 5.74) is 5.18. The van der Waals surface area contributed by atoms with E-state index < -0.39 is 28.5 Å². The monoisotopic (exact) mass is 549 g/mol. The summed E-state index contributed by atoms with van der Waals surface area (Å²) in [6, 6.07) is 21.6. The van der Waals surface area contributed by atoms with Crippen LogP contribution in [0, 0.1) is 20.8 Å². The first-order chi connectivity index (χ1) is 18.3. The summed E-state index contributed by atoms with van der Waals surface area (Å²) >= 11 is 0. The Balaban J connectivity index is 2.06. The zero-order valence-electron chi connectivity index (χ0n) is 23.6. The van der Waals surface area contributed by atoms with Crippen LogP contribution in [-0.2, 0) is 32.6 Å². The second-order valence-corrected chi connectivity index (χ2v) is 12.3. The lowest BCUT2D eigenvalue weighted by atomic mass is 10.0. The van der Waals surface area contributed by atoms with E-state index in [1.165, 1.54) is 4.90 Å². The molecule has 3 aromatic rings. The van der Waals surface area contributed by atoms with Gasteiger partial charge < -0.3 is 10.2 Å². The first-order valence-corrected chi connectivity index (χ1v) is 14.9. The average molecular weight is 550 g/mol. The van der Waals surface area contributed by atoms with E-state index in [1.807, 2.05) is 95.3 Å². The molecule has 0 bridgehead atoms. The van der Waals surface area contributed by atoms with Crippen LogP contribution in [0.2, 0.25) is 0 Å². The van der Waals surface area contributed by atoms with Gasteiger partial charge in [-0.1, -0.05) is 66.2 Å². The molecule has 1 atom stereocenters. The summed E-state index contributed by atoms with van der Waals surface area (Å²) in [6.07, 6.45) is 1.38. The van der Waals surface area contributed by atoms with Gasteiger partial charge in [-0.25, -0.2) is 8.42 Å². The van der Waals surface area contributed by atoms with Crippen molar-refractivity contribution in [1.82, 2.24) is 10.2 Å². The van der Waals surface area contributed by atoms with Crippen molar-refractivity contribution < 1.29 is 18.0 Å². The molecular formula is C31H39N3O4S. The van der Waals surface area contributed by atoms with Crippen molar-refractivity contribution in [1.29, 1.82) is 0 Å². The maximum Gasteiger partial charge on any atom is 0.244 e. The highest BCUT2D eigenvalue weighted by atomic mass is 32.2. The number of sulfonamides is 1. The van der Waals surface area contributed by atoms with Crippen LogP contribution >= 0.6 is 0 Å². The number of carbonyl (C=O) groups is 2. The van der Waals surface area contributed by atoms with E-state index in [0.717, 1.165) is 38.4 Å². The second-order valence-electron chi connectivity index (χ2n) is 10.4. The van der Waals surface area contributed by atoms with Crippen LogP contribution < -0.4 is 9.62 Å². The van der Waals surface area contributed by atoms with Gasteiger partial charge in [0.2, 0.25) is 21.8 Å². The molecule has 0 aromatic heterocycles. The molecule has 0 fully saturated rings. The van der Waals surface area contributed by atoms with E-state index in [2.05, 4.69) is 5.32 Å². The Bertz CT molecular complexity index is 1390. The van der Waals surface area contributed by atoms with Crippen LogP contribution in [-0.4, -0.2) is 50.0 Å². The minimum Gasteiger partial charge on any atom is -0.352 e. The number of anilines is 1. The summed E-state index contributed by atoms with van der Waals surface area (Å²) in [7, 11) is -3.79. The topological polar surface area (TPSA) is 86.8 Å². The van der Waals surface area contributed by atoms with E-state index in [-0.39, 0.29) is 18.5 Å². The summed E-state index contributed by atoms with van der Waals surface area (Å²) < 4.78 is 26.9. The van der Waals surface area contributed by atoms with E-state index in [9.17, 15) is 18.0 Å². The van der Waals surface area contributed by atoms with Crippen molar-refractivity contribution in [2.24, 2.45) is 0 Å². The van der Waals surface area contributed by atoms with Gasteiger partial charge in [0.15, 0.2) is 0 Å². The molecule has 208 valence electrons. The average Bonchev–Trinajstić information content (AvgIpc) is 2.87. The molecular weight excluding hydrogens is 510 g/mol. The summed E-state index contributed by atoms with van der Waals surface area (Å²) in [6.45, 7) is 9.30. The largest absolute Gasteiger partial charge is 0.352 e. The number of hydrogen-bond acceptors (Lipinski definition) is 4. The van der Waals surface area contributed by atoms with E-state index >= 15 is 0 Å². The molecule has 1 unspecified atom stereocenters. The second kappa shape index (κ2) is 12.9. The molecule has 3 aromatic carbocycles. The first-order valence-electron chi connectivity index (χ1n) is 13.1. The van der Waals surface area contributed by atoms with Crippen molar-refractivity contribution in [3.8, 4) is 0 Å². The molecule has 2 amide bonds. The fraction of sp³-hybridized carbons (Fsp3) is 0.355. The summed E-state index contributed by atoms with van der Waals surface area (Å²) in [4.78, 5) is 29.1. The predicted molar refractivity (Wildman–Crippen MR) is 157 cm³/mol. The van der Waals surface area contributed by atoms with Gasteiger partial charge in [-0.2, -0.15) is 0 Å². The highest BCUT2D eigenvalue weighted by Gasteiger charge is 2.33. The molecule has 0 saturated heterocycles. The Morgan fingerprint density at radius 1 is 0.846 bits per heavy atom. The lowest BCUT2D eigenvalue weighted by Crippen LogP contribution is -2.54. The fourth-order valence-corrected chi connectivity index (χ4v) is 5.16. The summed E-state index contributed by atoms with van der Waals surface area (Å²) in [5, 5.41) is 2.96. The van der Waals surface area contributed by atoms with Crippen molar-refractivity contribution in [2.75, 3.05) is 17.1 Å². The van der Waals surface area contributed by atoms with Crippen molar-refractivity contribution >= 4 is 27.5 Å². The SMILES string of the molecule is Cc1ccc(CN(C(=O)CN(c2ccc(C)c(C)c2)S(C)(=O)=O)C(Cc2ccccc2)C(=O)NC(C)C)cc1. The number of nitrogens with zero attached hydrogens (tertiary/aromatic N) is 2. The Morgan fingerprint density at radius 3 is 2.05 bits per heavy atom. The van der Waals surface area contributed by atoms with Gasteiger partial charge in [-0.15, -0.1) is 0 Å². The number of aryl methyl sites for hydroxylation is 3. The smallest absolute Gasteiger partial charge is 0.244 e. The zero-order valence-corrected chi connectivity index (χ0v) is 24.5. The molecule has 0 spiro atoms. The maximum absolute atomic E-state index is 14.1. The third kappa shape index (κ3) is 8.42. The highest BCUT2D eigenvalue weighted by molar-refractivity contribution is 7.92. The van der Waals surface area contributed by atoms with Crippen molar-refractivity contribution in [2.45, 2.75) is 59.7 Å². The third-order valence-corrected chi connectivity index (χ3v) is 7.77. The number of rotatable bonds is 11. The van der Waals surface area contributed by atoms with Crippen LogP contribution in [0.3, 0.4) is 0 Å². The van der Waals surface area contributed by atoms with Gasteiger partial charge in [0.25, 0.3) is 0 Å². The van der Waals surface area contributed by atoms with Crippen LogP contribution in [0.25, 0.3) is 0 Å². The molecule has 7 nitrogen and oxygen atoms in total. The van der Waals surface area contributed by atoms with Gasteiger partial charge in [0.05, 0.1) is 11.9 Å². The quantitative estimate of drug-likeness (QED) is 0.380. The summed E-state index contributed by atoms with van der Waals surface area (Å²) in [5.74, 6) is -0.745. The minimum atomic E-state index is -3.79. The fourth-order valence-electron chi connectivity index (χ4n) is 4.32. The van der Waals surface area contributed by atoms with Gasteiger partial charge in [-0.05, 0) is 69.0 Å². The number of benzene rings is 3. The van der Waals surface area contributed by atoms with Crippen LogP contribution in [0.15, 0.2) is 72.8 Å². The molecule has 0 radical (unpaired) electrons. The Hall–Kier alpha value is -3.65. The number of hydrogen-bond donors (Lipinski definition) is 1. The lowest BCUT2D eigenvalue weighted by Gasteiger charge is -2.34. The third-order valence-electron chi connectivity index (χ3n) is 6.63. The zero-order chi connectivity index (χ0) is 28.7. The van der Waals surface area contributed by atoms with E-state index in [1.54, 1.807) is 12.1 Å². The van der Waals surface area contributed by atoms with Crippen LogP contribution in [0.5, 0.6) is 0 Å². The molecule has 0 aliphatic carbocycles. The molecule has 8 heteroatoms.